The fourth-order valence-corrected chi connectivity index (χ4v) is 5.71. The van der Waals surface area contributed by atoms with Gasteiger partial charge in [0.2, 0.25) is 0 Å². The van der Waals surface area contributed by atoms with Gasteiger partial charge in [0.25, 0.3) is 0 Å². The SMILES string of the molecule is C[As](c1cccc([N+](=O)[O-])c1)c1cc(C(C)(C)C)ccc1O. The van der Waals surface area contributed by atoms with Crippen LogP contribution in [0.1, 0.15) is 26.3 Å². The molecule has 2 aromatic carbocycles. The molecule has 1 atom stereocenters. The quantitative estimate of drug-likeness (QED) is 0.520. The van der Waals surface area contributed by atoms with Crippen molar-refractivity contribution in [3.8, 4) is 5.75 Å². The number of nitro benzene ring substituents is 1. The van der Waals surface area contributed by atoms with Crippen LogP contribution in [-0.4, -0.2) is 24.7 Å². The van der Waals surface area contributed by atoms with Gasteiger partial charge in [-0.05, 0) is 0 Å². The second-order valence-corrected chi connectivity index (χ2v) is 10.7. The Labute approximate surface area is 135 Å². The number of nitro groups is 1. The first-order valence-corrected chi connectivity index (χ1v) is 10.8. The predicted molar refractivity (Wildman–Crippen MR) is 90.8 cm³/mol. The normalized spacial score (nSPS) is 12.9. The van der Waals surface area contributed by atoms with E-state index in [-0.39, 0.29) is 21.8 Å². The van der Waals surface area contributed by atoms with Gasteiger partial charge in [-0.25, -0.2) is 0 Å². The van der Waals surface area contributed by atoms with E-state index in [4.69, 9.17) is 0 Å². The van der Waals surface area contributed by atoms with E-state index in [1.54, 1.807) is 18.2 Å². The topological polar surface area (TPSA) is 63.4 Å². The van der Waals surface area contributed by atoms with E-state index in [0.29, 0.717) is 0 Å². The first-order chi connectivity index (χ1) is 10.2. The molecule has 0 fully saturated rings. The van der Waals surface area contributed by atoms with Crippen LogP contribution in [0.5, 0.6) is 5.75 Å². The van der Waals surface area contributed by atoms with Gasteiger partial charge in [-0.15, -0.1) is 0 Å². The predicted octanol–water partition coefficient (Wildman–Crippen LogP) is 2.84. The number of nitrogens with zero attached hydrogens (tertiary/aromatic N) is 1. The van der Waals surface area contributed by atoms with Crippen LogP contribution < -0.4 is 8.70 Å². The number of phenols is 1. The second kappa shape index (κ2) is 6.13. The Morgan fingerprint density at radius 2 is 1.82 bits per heavy atom. The number of aromatic hydroxyl groups is 1. The fourth-order valence-electron chi connectivity index (χ4n) is 2.21. The summed E-state index contributed by atoms with van der Waals surface area (Å²) in [6, 6.07) is 12.5. The molecule has 0 aliphatic rings. The molecule has 0 radical (unpaired) electrons. The van der Waals surface area contributed by atoms with Crippen LogP contribution in [0, 0.1) is 10.1 Å². The van der Waals surface area contributed by atoms with E-state index < -0.39 is 14.7 Å². The van der Waals surface area contributed by atoms with E-state index in [0.717, 1.165) is 14.3 Å². The van der Waals surface area contributed by atoms with Crippen LogP contribution in [-0.2, 0) is 5.41 Å². The number of benzene rings is 2. The standard InChI is InChI=1S/C17H20AsNO3/c1-17(2,3)12-8-9-16(20)15(10-12)18(4)13-6-5-7-14(11-13)19(21)22/h5-11,20H,1-4H3. The number of hydrogen-bond acceptors (Lipinski definition) is 3. The third kappa shape index (κ3) is 3.50. The van der Waals surface area contributed by atoms with Gasteiger partial charge in [0.1, 0.15) is 0 Å². The van der Waals surface area contributed by atoms with Crippen molar-refractivity contribution < 1.29 is 10.0 Å². The minimum absolute atomic E-state index is 0.000372. The minimum atomic E-state index is -1.76. The van der Waals surface area contributed by atoms with Crippen molar-refractivity contribution in [3.05, 3.63) is 58.1 Å². The summed E-state index contributed by atoms with van der Waals surface area (Å²) in [6.07, 6.45) is 0. The summed E-state index contributed by atoms with van der Waals surface area (Å²) in [5.41, 5.74) is 3.35. The molecule has 1 unspecified atom stereocenters. The van der Waals surface area contributed by atoms with Crippen molar-refractivity contribution in [3.63, 3.8) is 0 Å². The summed E-state index contributed by atoms with van der Waals surface area (Å²) in [6.45, 7) is 6.39. The summed E-state index contributed by atoms with van der Waals surface area (Å²) < 4.78 is 1.89. The molecule has 0 saturated carbocycles. The summed E-state index contributed by atoms with van der Waals surface area (Å²) >= 11 is -1.76. The van der Waals surface area contributed by atoms with E-state index in [9.17, 15) is 15.2 Å². The number of non-ortho nitro benzene ring substituents is 1. The maximum atomic E-state index is 10.9. The first kappa shape index (κ1) is 16.6. The van der Waals surface area contributed by atoms with Gasteiger partial charge in [0.15, 0.2) is 0 Å². The Bertz CT molecular complexity index is 707. The summed E-state index contributed by atoms with van der Waals surface area (Å²) in [5, 5.41) is 21.2. The van der Waals surface area contributed by atoms with Crippen LogP contribution in [0.25, 0.3) is 0 Å². The molecule has 0 heterocycles. The number of phenolic OH excluding ortho intramolecular Hbond substituents is 1. The molecule has 0 aliphatic carbocycles. The second-order valence-electron chi connectivity index (χ2n) is 6.29. The van der Waals surface area contributed by atoms with Crippen LogP contribution in [0.4, 0.5) is 5.69 Å². The average molecular weight is 361 g/mol. The van der Waals surface area contributed by atoms with Crippen LogP contribution in [0.2, 0.25) is 5.71 Å². The van der Waals surface area contributed by atoms with E-state index in [1.165, 1.54) is 6.07 Å². The number of rotatable bonds is 3. The molecule has 1 N–H and O–H groups in total. The Morgan fingerprint density at radius 1 is 1.14 bits per heavy atom. The molecule has 22 heavy (non-hydrogen) atoms. The monoisotopic (exact) mass is 361 g/mol. The Balaban J connectivity index is 2.47. The molecule has 4 nitrogen and oxygen atoms in total. The van der Waals surface area contributed by atoms with Gasteiger partial charge in [0, 0.05) is 0 Å². The average Bonchev–Trinajstić information content (AvgIpc) is 2.46. The Hall–Kier alpha value is -1.80. The van der Waals surface area contributed by atoms with Gasteiger partial charge in [-0.1, -0.05) is 0 Å². The van der Waals surface area contributed by atoms with Crippen molar-refractivity contribution in [1.29, 1.82) is 0 Å². The fraction of sp³-hybridized carbons (Fsp3) is 0.294. The van der Waals surface area contributed by atoms with Crippen molar-refractivity contribution >= 4 is 29.0 Å². The van der Waals surface area contributed by atoms with Crippen molar-refractivity contribution in [2.45, 2.75) is 31.9 Å². The molecular formula is C17H20AsNO3. The molecular weight excluding hydrogens is 341 g/mol. The van der Waals surface area contributed by atoms with Crippen LogP contribution in [0.3, 0.4) is 0 Å². The van der Waals surface area contributed by atoms with Gasteiger partial charge < -0.3 is 0 Å². The molecule has 0 amide bonds. The molecule has 0 bridgehead atoms. The molecule has 5 heteroatoms. The summed E-state index contributed by atoms with van der Waals surface area (Å²) in [5.74, 6) is 0.280. The van der Waals surface area contributed by atoms with Crippen molar-refractivity contribution in [2.75, 3.05) is 0 Å². The maximum absolute atomic E-state index is 10.9. The molecule has 0 aliphatic heterocycles. The molecule has 0 saturated heterocycles. The van der Waals surface area contributed by atoms with Gasteiger partial charge in [0.05, 0.1) is 0 Å². The van der Waals surface area contributed by atoms with Gasteiger partial charge >= 0.3 is 135 Å². The van der Waals surface area contributed by atoms with Crippen LogP contribution in [0.15, 0.2) is 42.5 Å². The molecule has 116 valence electrons. The Morgan fingerprint density at radius 3 is 2.41 bits per heavy atom. The molecule has 2 rings (SSSR count). The van der Waals surface area contributed by atoms with Crippen molar-refractivity contribution in [2.24, 2.45) is 0 Å². The first-order valence-electron chi connectivity index (χ1n) is 7.02. The van der Waals surface area contributed by atoms with Crippen molar-refractivity contribution in [1.82, 2.24) is 0 Å². The van der Waals surface area contributed by atoms with Gasteiger partial charge in [-0.2, -0.15) is 0 Å². The third-order valence-electron chi connectivity index (χ3n) is 3.63. The zero-order valence-corrected chi connectivity index (χ0v) is 15.1. The Kier molecular flexibility index (Phi) is 4.62. The molecule has 0 spiro atoms. The van der Waals surface area contributed by atoms with E-state index in [1.807, 2.05) is 18.2 Å². The zero-order chi connectivity index (χ0) is 16.5. The van der Waals surface area contributed by atoms with E-state index >= 15 is 0 Å². The number of hydrogen-bond donors (Lipinski definition) is 1. The molecule has 2 aromatic rings. The van der Waals surface area contributed by atoms with Crippen LogP contribution >= 0.6 is 0 Å². The third-order valence-corrected chi connectivity index (χ3v) is 8.11. The summed E-state index contributed by atoms with van der Waals surface area (Å²) in [7, 11) is 0. The van der Waals surface area contributed by atoms with E-state index in [2.05, 4.69) is 26.5 Å². The molecule has 0 aromatic heterocycles. The zero-order valence-electron chi connectivity index (χ0n) is 13.2. The summed E-state index contributed by atoms with van der Waals surface area (Å²) in [4.78, 5) is 10.6. The van der Waals surface area contributed by atoms with Gasteiger partial charge in [-0.3, -0.25) is 0 Å².